The number of hydrogen-bond donors (Lipinski definition) is 0. The molecule has 0 bridgehead atoms. The molecule has 3 aromatic rings. The lowest BCUT2D eigenvalue weighted by atomic mass is 10.1. The molecule has 0 spiro atoms. The standard InChI is InChI=1S/C16H11F3N2O2/c17-16(18,19)12-8-6-11(7-9-12)15-20-14(21-23-15)10-22-13-4-2-1-3-5-13/h1-9H,10H2. The van der Waals surface area contributed by atoms with Crippen LogP contribution < -0.4 is 4.74 Å². The molecular weight excluding hydrogens is 309 g/mol. The van der Waals surface area contributed by atoms with Crippen molar-refractivity contribution in [3.63, 3.8) is 0 Å². The molecule has 23 heavy (non-hydrogen) atoms. The summed E-state index contributed by atoms with van der Waals surface area (Å²) in [5.74, 6) is 1.11. The largest absolute Gasteiger partial charge is 0.485 e. The van der Waals surface area contributed by atoms with Crippen LogP contribution in [0.15, 0.2) is 59.1 Å². The van der Waals surface area contributed by atoms with Gasteiger partial charge in [-0.15, -0.1) is 0 Å². The van der Waals surface area contributed by atoms with Gasteiger partial charge in [0.15, 0.2) is 6.61 Å². The van der Waals surface area contributed by atoms with Gasteiger partial charge in [-0.05, 0) is 36.4 Å². The van der Waals surface area contributed by atoms with Gasteiger partial charge < -0.3 is 9.26 Å². The topological polar surface area (TPSA) is 48.2 Å². The lowest BCUT2D eigenvalue weighted by molar-refractivity contribution is -0.137. The first-order chi connectivity index (χ1) is 11.0. The van der Waals surface area contributed by atoms with E-state index in [1.54, 1.807) is 12.1 Å². The summed E-state index contributed by atoms with van der Waals surface area (Å²) >= 11 is 0. The fourth-order valence-corrected chi connectivity index (χ4v) is 1.90. The molecule has 4 nitrogen and oxygen atoms in total. The second-order valence-electron chi connectivity index (χ2n) is 4.69. The zero-order valence-electron chi connectivity index (χ0n) is 11.7. The fraction of sp³-hybridized carbons (Fsp3) is 0.125. The number of halogens is 3. The second-order valence-corrected chi connectivity index (χ2v) is 4.69. The number of nitrogens with zero attached hydrogens (tertiary/aromatic N) is 2. The number of ether oxygens (including phenoxy) is 1. The molecule has 118 valence electrons. The summed E-state index contributed by atoms with van der Waals surface area (Å²) < 4.78 is 48.1. The number of rotatable bonds is 4. The number of aromatic nitrogens is 2. The molecule has 7 heteroatoms. The van der Waals surface area contributed by atoms with E-state index < -0.39 is 11.7 Å². The van der Waals surface area contributed by atoms with Gasteiger partial charge in [-0.25, -0.2) is 0 Å². The van der Waals surface area contributed by atoms with Crippen LogP contribution in [0.2, 0.25) is 0 Å². The molecule has 0 aliphatic carbocycles. The predicted molar refractivity (Wildman–Crippen MR) is 75.5 cm³/mol. The third kappa shape index (κ3) is 3.68. The molecule has 0 aliphatic heterocycles. The van der Waals surface area contributed by atoms with Crippen molar-refractivity contribution in [3.8, 4) is 17.2 Å². The quantitative estimate of drug-likeness (QED) is 0.718. The summed E-state index contributed by atoms with van der Waals surface area (Å²) in [4.78, 5) is 4.10. The van der Waals surface area contributed by atoms with Crippen molar-refractivity contribution >= 4 is 0 Å². The van der Waals surface area contributed by atoms with Gasteiger partial charge in [-0.2, -0.15) is 18.2 Å². The van der Waals surface area contributed by atoms with E-state index in [0.717, 1.165) is 12.1 Å². The van der Waals surface area contributed by atoms with Gasteiger partial charge in [0.25, 0.3) is 5.89 Å². The first-order valence-electron chi connectivity index (χ1n) is 6.70. The highest BCUT2D eigenvalue weighted by Crippen LogP contribution is 2.30. The molecule has 2 aromatic carbocycles. The molecule has 1 heterocycles. The first-order valence-corrected chi connectivity index (χ1v) is 6.70. The van der Waals surface area contributed by atoms with Crippen LogP contribution >= 0.6 is 0 Å². The molecule has 3 rings (SSSR count). The molecule has 1 aromatic heterocycles. The maximum Gasteiger partial charge on any atom is 0.416 e. The number of alkyl halides is 3. The van der Waals surface area contributed by atoms with Gasteiger partial charge in [0.2, 0.25) is 5.82 Å². The molecule has 0 aliphatic rings. The Kier molecular flexibility index (Phi) is 4.01. The predicted octanol–water partition coefficient (Wildman–Crippen LogP) is 4.33. The minimum absolute atomic E-state index is 0.105. The van der Waals surface area contributed by atoms with Gasteiger partial charge in [0.1, 0.15) is 5.75 Å². The van der Waals surface area contributed by atoms with Crippen LogP contribution in [-0.4, -0.2) is 10.1 Å². The van der Waals surface area contributed by atoms with Crippen molar-refractivity contribution in [2.24, 2.45) is 0 Å². The Balaban J connectivity index is 1.69. The van der Waals surface area contributed by atoms with Crippen molar-refractivity contribution in [2.45, 2.75) is 12.8 Å². The second kappa shape index (κ2) is 6.12. The SMILES string of the molecule is FC(F)(F)c1ccc(-c2nc(COc3ccccc3)no2)cc1. The summed E-state index contributed by atoms with van der Waals surface area (Å²) in [7, 11) is 0. The van der Waals surface area contributed by atoms with E-state index in [-0.39, 0.29) is 12.5 Å². The van der Waals surface area contributed by atoms with Crippen molar-refractivity contribution in [1.29, 1.82) is 0 Å². The lowest BCUT2D eigenvalue weighted by Crippen LogP contribution is -2.04. The van der Waals surface area contributed by atoms with Crippen molar-refractivity contribution < 1.29 is 22.4 Å². The van der Waals surface area contributed by atoms with E-state index in [1.165, 1.54) is 12.1 Å². The zero-order chi connectivity index (χ0) is 16.3. The highest BCUT2D eigenvalue weighted by Gasteiger charge is 2.30. The van der Waals surface area contributed by atoms with Crippen LogP contribution in [-0.2, 0) is 12.8 Å². The molecule has 0 fully saturated rings. The van der Waals surface area contributed by atoms with Gasteiger partial charge in [-0.3, -0.25) is 0 Å². The van der Waals surface area contributed by atoms with Gasteiger partial charge in [-0.1, -0.05) is 23.4 Å². The molecule has 0 amide bonds. The van der Waals surface area contributed by atoms with Crippen LogP contribution in [0.3, 0.4) is 0 Å². The Hall–Kier alpha value is -2.83. The van der Waals surface area contributed by atoms with E-state index in [2.05, 4.69) is 10.1 Å². The number of benzene rings is 2. The summed E-state index contributed by atoms with van der Waals surface area (Å²) in [5, 5.41) is 3.75. The first kappa shape index (κ1) is 15.1. The lowest BCUT2D eigenvalue weighted by Gasteiger charge is -2.05. The van der Waals surface area contributed by atoms with E-state index in [1.807, 2.05) is 18.2 Å². The Morgan fingerprint density at radius 2 is 1.65 bits per heavy atom. The minimum Gasteiger partial charge on any atom is -0.485 e. The van der Waals surface area contributed by atoms with Crippen LogP contribution in [0.25, 0.3) is 11.5 Å². The molecule has 0 saturated carbocycles. The monoisotopic (exact) mass is 320 g/mol. The highest BCUT2D eigenvalue weighted by atomic mass is 19.4. The summed E-state index contributed by atoms with van der Waals surface area (Å²) in [6.45, 7) is 0.105. The summed E-state index contributed by atoms with van der Waals surface area (Å²) in [6.07, 6.45) is -4.37. The maximum atomic E-state index is 12.5. The smallest absolute Gasteiger partial charge is 0.416 e. The van der Waals surface area contributed by atoms with E-state index in [9.17, 15) is 13.2 Å². The third-order valence-electron chi connectivity index (χ3n) is 3.04. The van der Waals surface area contributed by atoms with Crippen LogP contribution in [0.4, 0.5) is 13.2 Å². The van der Waals surface area contributed by atoms with Crippen LogP contribution in [0.5, 0.6) is 5.75 Å². The van der Waals surface area contributed by atoms with E-state index in [4.69, 9.17) is 9.26 Å². The molecule has 0 atom stereocenters. The molecule has 0 saturated heterocycles. The van der Waals surface area contributed by atoms with Gasteiger partial charge in [0, 0.05) is 5.56 Å². The summed E-state index contributed by atoms with van der Waals surface area (Å²) in [5.41, 5.74) is -0.315. The van der Waals surface area contributed by atoms with E-state index in [0.29, 0.717) is 17.1 Å². The summed E-state index contributed by atoms with van der Waals surface area (Å²) in [6, 6.07) is 13.6. The minimum atomic E-state index is -4.37. The molecule has 0 N–H and O–H groups in total. The van der Waals surface area contributed by atoms with Crippen LogP contribution in [0.1, 0.15) is 11.4 Å². The average Bonchev–Trinajstić information content (AvgIpc) is 3.02. The normalized spacial score (nSPS) is 11.4. The van der Waals surface area contributed by atoms with Crippen molar-refractivity contribution in [1.82, 2.24) is 10.1 Å². The third-order valence-corrected chi connectivity index (χ3v) is 3.04. The van der Waals surface area contributed by atoms with Crippen molar-refractivity contribution in [3.05, 3.63) is 66.0 Å². The highest BCUT2D eigenvalue weighted by molar-refractivity contribution is 5.53. The number of para-hydroxylation sites is 1. The number of hydrogen-bond acceptors (Lipinski definition) is 4. The van der Waals surface area contributed by atoms with Crippen molar-refractivity contribution in [2.75, 3.05) is 0 Å². The Labute approximate surface area is 129 Å². The maximum absolute atomic E-state index is 12.5. The fourth-order valence-electron chi connectivity index (χ4n) is 1.90. The van der Waals surface area contributed by atoms with E-state index >= 15 is 0 Å². The molecule has 0 unspecified atom stereocenters. The van der Waals surface area contributed by atoms with Gasteiger partial charge in [0.05, 0.1) is 5.56 Å². The Morgan fingerprint density at radius 1 is 0.957 bits per heavy atom. The zero-order valence-corrected chi connectivity index (χ0v) is 11.7. The molecular formula is C16H11F3N2O2. The Bertz CT molecular complexity index is 768. The van der Waals surface area contributed by atoms with Crippen LogP contribution in [0, 0.1) is 0 Å². The van der Waals surface area contributed by atoms with Gasteiger partial charge >= 0.3 is 6.18 Å². The molecule has 0 radical (unpaired) electrons. The Morgan fingerprint density at radius 3 is 2.30 bits per heavy atom. The average molecular weight is 320 g/mol.